The van der Waals surface area contributed by atoms with Gasteiger partial charge in [0.15, 0.2) is 0 Å². The van der Waals surface area contributed by atoms with E-state index in [1.165, 1.54) is 0 Å². The van der Waals surface area contributed by atoms with E-state index < -0.39 is 17.8 Å². The van der Waals surface area contributed by atoms with E-state index in [1.807, 2.05) is 0 Å². The third-order valence-corrected chi connectivity index (χ3v) is 2.60. The molecule has 1 saturated carbocycles. The first-order valence-electron chi connectivity index (χ1n) is 4.51. The van der Waals surface area contributed by atoms with Crippen LogP contribution in [0.15, 0.2) is 0 Å². The molecule has 2 unspecified atom stereocenters. The Morgan fingerprint density at radius 2 is 2.15 bits per heavy atom. The van der Waals surface area contributed by atoms with Crippen LogP contribution in [0.1, 0.15) is 32.6 Å². The van der Waals surface area contributed by atoms with Gasteiger partial charge in [0.2, 0.25) is 5.92 Å². The van der Waals surface area contributed by atoms with Gasteiger partial charge in [-0.1, -0.05) is 6.42 Å². The molecule has 1 rings (SSSR count). The molecule has 0 aromatic rings. The number of rotatable bonds is 3. The number of hydrogen-bond donors (Lipinski definition) is 1. The largest absolute Gasteiger partial charge is 0.481 e. The molecule has 0 saturated heterocycles. The predicted molar refractivity (Wildman–Crippen MR) is 43.7 cm³/mol. The highest BCUT2D eigenvalue weighted by Gasteiger charge is 2.38. The van der Waals surface area contributed by atoms with Crippen molar-refractivity contribution in [3.8, 4) is 0 Å². The average Bonchev–Trinajstić information content (AvgIpc) is 2.31. The van der Waals surface area contributed by atoms with Crippen LogP contribution in [0.4, 0.5) is 8.78 Å². The monoisotopic (exact) mass is 192 g/mol. The zero-order valence-corrected chi connectivity index (χ0v) is 7.59. The maximum atomic E-state index is 12.6. The van der Waals surface area contributed by atoms with Crippen molar-refractivity contribution in [2.45, 2.75) is 38.5 Å². The molecule has 1 N–H and O–H groups in total. The normalized spacial score (nSPS) is 29.2. The number of carbonyl (C=O) groups is 1. The summed E-state index contributed by atoms with van der Waals surface area (Å²) >= 11 is 0. The lowest BCUT2D eigenvalue weighted by atomic mass is 9.91. The minimum Gasteiger partial charge on any atom is -0.481 e. The van der Waals surface area contributed by atoms with E-state index in [0.29, 0.717) is 12.8 Å². The van der Waals surface area contributed by atoms with Crippen LogP contribution in [0.5, 0.6) is 0 Å². The fourth-order valence-corrected chi connectivity index (χ4v) is 2.07. The van der Waals surface area contributed by atoms with Crippen LogP contribution in [0.25, 0.3) is 0 Å². The Morgan fingerprint density at radius 1 is 1.54 bits per heavy atom. The molecule has 2 atom stereocenters. The van der Waals surface area contributed by atoms with Crippen LogP contribution in [0, 0.1) is 11.8 Å². The molecule has 0 aromatic heterocycles. The van der Waals surface area contributed by atoms with Crippen LogP contribution in [-0.2, 0) is 4.79 Å². The zero-order valence-electron chi connectivity index (χ0n) is 7.59. The maximum absolute atomic E-state index is 12.6. The summed E-state index contributed by atoms with van der Waals surface area (Å²) in [4.78, 5) is 10.7. The molecule has 0 bridgehead atoms. The lowest BCUT2D eigenvalue weighted by Crippen LogP contribution is -2.24. The van der Waals surface area contributed by atoms with Gasteiger partial charge in [-0.2, -0.15) is 0 Å². The molecule has 1 aliphatic rings. The van der Waals surface area contributed by atoms with Gasteiger partial charge >= 0.3 is 5.97 Å². The summed E-state index contributed by atoms with van der Waals surface area (Å²) in [6.45, 7) is 0.851. The quantitative estimate of drug-likeness (QED) is 0.746. The first-order chi connectivity index (χ1) is 5.90. The minimum atomic E-state index is -2.73. The van der Waals surface area contributed by atoms with E-state index in [9.17, 15) is 13.6 Å². The summed E-state index contributed by atoms with van der Waals surface area (Å²) in [5.74, 6) is -4.54. The number of aliphatic carboxylic acids is 1. The second-order valence-electron chi connectivity index (χ2n) is 3.91. The van der Waals surface area contributed by atoms with Crippen LogP contribution in [0.3, 0.4) is 0 Å². The second kappa shape index (κ2) is 3.60. The molecule has 76 valence electrons. The molecular formula is C9H14F2O2. The summed E-state index contributed by atoms with van der Waals surface area (Å²) in [7, 11) is 0. The van der Waals surface area contributed by atoms with Gasteiger partial charge in [-0.05, 0) is 25.7 Å². The molecule has 0 amide bonds. The summed E-state index contributed by atoms with van der Waals surface area (Å²) in [6.07, 6.45) is 1.65. The van der Waals surface area contributed by atoms with Crippen molar-refractivity contribution in [1.29, 1.82) is 0 Å². The fourth-order valence-electron chi connectivity index (χ4n) is 2.07. The van der Waals surface area contributed by atoms with E-state index in [2.05, 4.69) is 0 Å². The van der Waals surface area contributed by atoms with Crippen molar-refractivity contribution in [2.24, 2.45) is 11.8 Å². The maximum Gasteiger partial charge on any atom is 0.306 e. The third-order valence-electron chi connectivity index (χ3n) is 2.60. The highest BCUT2D eigenvalue weighted by atomic mass is 19.3. The highest BCUT2D eigenvalue weighted by Crippen LogP contribution is 2.38. The summed E-state index contributed by atoms with van der Waals surface area (Å²) in [5.41, 5.74) is 0. The summed E-state index contributed by atoms with van der Waals surface area (Å²) in [5, 5.41) is 8.74. The molecule has 0 heterocycles. The van der Waals surface area contributed by atoms with Crippen molar-refractivity contribution >= 4 is 5.97 Å². The minimum absolute atomic E-state index is 0.288. The van der Waals surface area contributed by atoms with E-state index in [4.69, 9.17) is 5.11 Å². The van der Waals surface area contributed by atoms with Gasteiger partial charge in [-0.25, -0.2) is 8.78 Å². The van der Waals surface area contributed by atoms with Crippen LogP contribution in [-0.4, -0.2) is 17.0 Å². The number of halogens is 2. The van der Waals surface area contributed by atoms with E-state index >= 15 is 0 Å². The molecule has 0 aromatic carbocycles. The second-order valence-corrected chi connectivity index (χ2v) is 3.91. The van der Waals surface area contributed by atoms with E-state index in [1.54, 1.807) is 0 Å². The van der Waals surface area contributed by atoms with Crippen molar-refractivity contribution in [1.82, 2.24) is 0 Å². The number of hydrogen-bond acceptors (Lipinski definition) is 1. The first kappa shape index (κ1) is 10.4. The lowest BCUT2D eigenvalue weighted by Gasteiger charge is -2.19. The molecule has 13 heavy (non-hydrogen) atoms. The molecular weight excluding hydrogens is 178 g/mol. The summed E-state index contributed by atoms with van der Waals surface area (Å²) in [6, 6.07) is 0. The average molecular weight is 192 g/mol. The SMILES string of the molecule is CC(F)(F)CC1CCCC1C(=O)O. The molecule has 0 radical (unpaired) electrons. The van der Waals surface area contributed by atoms with Gasteiger partial charge < -0.3 is 5.11 Å². The standard InChI is InChI=1S/C9H14F2O2/c1-9(10,11)5-6-3-2-4-7(6)8(12)13/h6-7H,2-5H2,1H3,(H,12,13). The van der Waals surface area contributed by atoms with E-state index in [0.717, 1.165) is 13.3 Å². The van der Waals surface area contributed by atoms with Gasteiger partial charge in [0.25, 0.3) is 0 Å². The topological polar surface area (TPSA) is 37.3 Å². The van der Waals surface area contributed by atoms with Crippen LogP contribution in [0.2, 0.25) is 0 Å². The Labute approximate surface area is 75.9 Å². The van der Waals surface area contributed by atoms with Crippen molar-refractivity contribution in [3.63, 3.8) is 0 Å². The van der Waals surface area contributed by atoms with Gasteiger partial charge in [0.1, 0.15) is 0 Å². The Morgan fingerprint density at radius 3 is 2.62 bits per heavy atom. The van der Waals surface area contributed by atoms with Crippen LogP contribution < -0.4 is 0 Å². The Hall–Kier alpha value is -0.670. The number of carboxylic acid groups (broad SMARTS) is 1. The van der Waals surface area contributed by atoms with Crippen LogP contribution >= 0.6 is 0 Å². The van der Waals surface area contributed by atoms with Gasteiger partial charge in [0.05, 0.1) is 5.92 Å². The fraction of sp³-hybridized carbons (Fsp3) is 0.889. The smallest absolute Gasteiger partial charge is 0.306 e. The van der Waals surface area contributed by atoms with Crippen molar-refractivity contribution in [2.75, 3.05) is 0 Å². The number of carboxylic acids is 1. The molecule has 1 fully saturated rings. The van der Waals surface area contributed by atoms with E-state index in [-0.39, 0.29) is 12.3 Å². The van der Waals surface area contributed by atoms with Gasteiger partial charge in [-0.15, -0.1) is 0 Å². The molecule has 2 nitrogen and oxygen atoms in total. The summed E-state index contributed by atoms with van der Waals surface area (Å²) < 4.78 is 25.2. The Kier molecular flexibility index (Phi) is 2.88. The zero-order chi connectivity index (χ0) is 10.1. The third kappa shape index (κ3) is 2.94. The molecule has 4 heteroatoms. The van der Waals surface area contributed by atoms with Crippen molar-refractivity contribution in [3.05, 3.63) is 0 Å². The number of alkyl halides is 2. The molecule has 0 aliphatic heterocycles. The lowest BCUT2D eigenvalue weighted by molar-refractivity contribution is -0.143. The first-order valence-corrected chi connectivity index (χ1v) is 4.51. The Balaban J connectivity index is 2.54. The van der Waals surface area contributed by atoms with Gasteiger partial charge in [-0.3, -0.25) is 4.79 Å². The Bertz CT molecular complexity index is 198. The molecule has 0 spiro atoms. The molecule has 1 aliphatic carbocycles. The van der Waals surface area contributed by atoms with Gasteiger partial charge in [0, 0.05) is 6.42 Å². The predicted octanol–water partition coefficient (Wildman–Crippen LogP) is 2.53. The van der Waals surface area contributed by atoms with Crippen molar-refractivity contribution < 1.29 is 18.7 Å². The highest BCUT2D eigenvalue weighted by molar-refractivity contribution is 5.70.